The first-order chi connectivity index (χ1) is 22.0. The van der Waals surface area contributed by atoms with Crippen LogP contribution in [0.1, 0.15) is 80.2 Å². The molecule has 0 spiro atoms. The molecule has 0 radical (unpaired) electrons. The number of primary amides is 1. The maximum atomic E-state index is 14.3. The number of ketones is 1. The van der Waals surface area contributed by atoms with Gasteiger partial charge in [0.25, 0.3) is 5.91 Å². The smallest absolute Gasteiger partial charge is 0.315 e. The number of likely N-dealkylation sites (tertiary alicyclic amines) is 1. The molecule has 1 aliphatic heterocycles. The predicted molar refractivity (Wildman–Crippen MR) is 182 cm³/mol. The number of hydrogen-bond donors (Lipinski definition) is 4. The number of urea groups is 1. The van der Waals surface area contributed by atoms with Crippen molar-refractivity contribution in [3.63, 3.8) is 0 Å². The Labute approximate surface area is 284 Å². The Morgan fingerprint density at radius 3 is 2.06 bits per heavy atom. The highest BCUT2D eigenvalue weighted by atomic mass is 32.2. The third-order valence-electron chi connectivity index (χ3n) is 10.3. The fourth-order valence-electron chi connectivity index (χ4n) is 6.96. The summed E-state index contributed by atoms with van der Waals surface area (Å²) in [7, 11) is -3.62. The summed E-state index contributed by atoms with van der Waals surface area (Å²) in [6.45, 7) is 15.3. The number of Topliss-reactive ketones (excluding diaryl/α,β-unsaturated/α-hetero) is 1. The number of carbonyl (C=O) groups is 5. The molecule has 1 saturated heterocycles. The summed E-state index contributed by atoms with van der Waals surface area (Å²) in [6, 6.07) is 4.34. The van der Waals surface area contributed by atoms with Crippen LogP contribution < -0.4 is 21.7 Å². The van der Waals surface area contributed by atoms with Gasteiger partial charge in [-0.05, 0) is 46.0 Å². The average Bonchev–Trinajstić information content (AvgIpc) is 3.81. The molecule has 1 aromatic rings. The fourth-order valence-corrected chi connectivity index (χ4v) is 8.86. The van der Waals surface area contributed by atoms with Crippen molar-refractivity contribution in [1.29, 1.82) is 0 Å². The number of sulfone groups is 1. The number of nitrogens with two attached hydrogens (primary N) is 1. The second-order valence-electron chi connectivity index (χ2n) is 16.7. The van der Waals surface area contributed by atoms with E-state index in [1.807, 2.05) is 40.7 Å². The minimum atomic E-state index is -3.62. The van der Waals surface area contributed by atoms with Gasteiger partial charge in [0, 0.05) is 12.6 Å². The van der Waals surface area contributed by atoms with Crippen molar-refractivity contribution < 1.29 is 32.4 Å². The molecule has 2 aliphatic carbocycles. The van der Waals surface area contributed by atoms with Gasteiger partial charge in [0.1, 0.15) is 12.1 Å². The number of hydrogen-bond acceptors (Lipinski definition) is 7. The van der Waals surface area contributed by atoms with Gasteiger partial charge in [-0.3, -0.25) is 19.2 Å². The van der Waals surface area contributed by atoms with Crippen LogP contribution in [0, 0.1) is 34.0 Å². The molecular weight excluding hydrogens is 634 g/mol. The first-order valence-electron chi connectivity index (χ1n) is 16.8. The molecule has 1 heterocycles. The van der Waals surface area contributed by atoms with Gasteiger partial charge in [-0.1, -0.05) is 98.6 Å². The van der Waals surface area contributed by atoms with Crippen molar-refractivity contribution in [2.45, 2.75) is 105 Å². The Morgan fingerprint density at radius 2 is 1.54 bits per heavy atom. The molecule has 13 heteroatoms. The summed E-state index contributed by atoms with van der Waals surface area (Å²) in [6.07, 6.45) is 2.12. The minimum Gasteiger partial charge on any atom is -0.363 e. The fraction of sp³-hybridized carbons (Fsp3) is 0.686. The molecule has 5 N–H and O–H groups in total. The SMILES string of the molecule is CC(C)(C)[C@H](NC(=O)N[C@H](CS(=O)(=O)Cc1ccccc1)C(C)(C)C)C(=O)N1C[C@@H]2C([C@H]1C(=O)NC(CC1CC1)C(=O)C(N)=O)C2(C)C. The number of benzene rings is 1. The lowest BCUT2D eigenvalue weighted by Gasteiger charge is -2.38. The molecule has 48 heavy (non-hydrogen) atoms. The lowest BCUT2D eigenvalue weighted by molar-refractivity contribution is -0.145. The van der Waals surface area contributed by atoms with Crippen molar-refractivity contribution in [3.05, 3.63) is 35.9 Å². The van der Waals surface area contributed by atoms with Gasteiger partial charge in [-0.25, -0.2) is 13.2 Å². The van der Waals surface area contributed by atoms with Crippen LogP contribution in [0.25, 0.3) is 0 Å². The van der Waals surface area contributed by atoms with E-state index in [0.717, 1.165) is 12.8 Å². The number of piperidine rings is 1. The molecule has 0 bridgehead atoms. The van der Waals surface area contributed by atoms with Gasteiger partial charge in [0.05, 0.1) is 17.5 Å². The summed E-state index contributed by atoms with van der Waals surface area (Å²) in [5.74, 6) is -3.32. The van der Waals surface area contributed by atoms with Crippen molar-refractivity contribution in [3.8, 4) is 0 Å². The van der Waals surface area contributed by atoms with Gasteiger partial charge in [0.2, 0.25) is 17.6 Å². The van der Waals surface area contributed by atoms with Crippen molar-refractivity contribution in [2.24, 2.45) is 39.7 Å². The highest BCUT2D eigenvalue weighted by molar-refractivity contribution is 7.90. The third-order valence-corrected chi connectivity index (χ3v) is 11.9. The Kier molecular flexibility index (Phi) is 10.5. The molecule has 5 amide bonds. The molecule has 1 aromatic carbocycles. The Hall–Kier alpha value is -3.48. The molecule has 12 nitrogen and oxygen atoms in total. The third kappa shape index (κ3) is 8.75. The highest BCUT2D eigenvalue weighted by Crippen LogP contribution is 2.65. The second kappa shape index (κ2) is 13.4. The van der Waals surface area contributed by atoms with E-state index in [4.69, 9.17) is 5.73 Å². The number of amides is 5. The van der Waals surface area contributed by atoms with Crippen molar-refractivity contribution >= 4 is 39.4 Å². The molecule has 266 valence electrons. The molecular formula is C35H53N5O7S. The van der Waals surface area contributed by atoms with Crippen LogP contribution in [0.2, 0.25) is 0 Å². The van der Waals surface area contributed by atoms with E-state index in [-0.39, 0.29) is 34.7 Å². The lowest BCUT2D eigenvalue weighted by Crippen LogP contribution is -2.62. The normalized spacial score (nSPS) is 23.7. The summed E-state index contributed by atoms with van der Waals surface area (Å²) < 4.78 is 26.4. The number of carbonyl (C=O) groups excluding carboxylic acids is 5. The molecule has 0 aromatic heterocycles. The number of fused-ring (bicyclic) bond motifs is 1. The van der Waals surface area contributed by atoms with Gasteiger partial charge >= 0.3 is 6.03 Å². The van der Waals surface area contributed by atoms with Gasteiger partial charge in [0.15, 0.2) is 9.84 Å². The number of nitrogens with zero attached hydrogens (tertiary/aromatic N) is 1. The van der Waals surface area contributed by atoms with Crippen LogP contribution in [0.15, 0.2) is 30.3 Å². The molecule has 2 saturated carbocycles. The minimum absolute atomic E-state index is 0.0421. The van der Waals surface area contributed by atoms with Crippen LogP contribution in [0.5, 0.6) is 0 Å². The molecule has 3 aliphatic rings. The Bertz CT molecular complexity index is 1530. The van der Waals surface area contributed by atoms with E-state index in [1.54, 1.807) is 45.0 Å². The second-order valence-corrected chi connectivity index (χ2v) is 18.8. The largest absolute Gasteiger partial charge is 0.363 e. The van der Waals surface area contributed by atoms with E-state index in [1.165, 1.54) is 4.90 Å². The monoisotopic (exact) mass is 687 g/mol. The number of rotatable bonds is 13. The van der Waals surface area contributed by atoms with Crippen LogP contribution in [0.4, 0.5) is 4.79 Å². The first-order valence-corrected chi connectivity index (χ1v) is 18.6. The average molecular weight is 688 g/mol. The lowest BCUT2D eigenvalue weighted by atomic mass is 9.85. The van der Waals surface area contributed by atoms with Gasteiger partial charge in [-0.2, -0.15) is 0 Å². The quantitative estimate of drug-likeness (QED) is 0.230. The zero-order valence-electron chi connectivity index (χ0n) is 29.5. The molecule has 3 fully saturated rings. The van der Waals surface area contributed by atoms with Gasteiger partial charge in [-0.15, -0.1) is 0 Å². The van der Waals surface area contributed by atoms with Crippen LogP contribution >= 0.6 is 0 Å². The van der Waals surface area contributed by atoms with Crippen LogP contribution in [-0.4, -0.2) is 79.3 Å². The highest BCUT2D eigenvalue weighted by Gasteiger charge is 2.70. The maximum absolute atomic E-state index is 14.3. The Balaban J connectivity index is 1.51. The number of nitrogens with one attached hydrogen (secondary N) is 3. The predicted octanol–water partition coefficient (Wildman–Crippen LogP) is 2.55. The zero-order chi connectivity index (χ0) is 36.0. The summed E-state index contributed by atoms with van der Waals surface area (Å²) in [4.78, 5) is 67.6. The van der Waals surface area contributed by atoms with Crippen LogP contribution in [-0.2, 0) is 34.8 Å². The van der Waals surface area contributed by atoms with Gasteiger partial charge < -0.3 is 26.6 Å². The van der Waals surface area contributed by atoms with E-state index in [9.17, 15) is 32.4 Å². The molecule has 2 unspecified atom stereocenters. The Morgan fingerprint density at radius 1 is 0.938 bits per heavy atom. The molecule has 4 rings (SSSR count). The summed E-state index contributed by atoms with van der Waals surface area (Å²) in [5, 5.41) is 8.38. The standard InChI is InChI=1S/C35H53N5O7S/c1-33(2,3)24(19-48(46,47)18-21-12-10-9-11-13-21)38-32(45)39-28(34(4,5)6)31(44)40-17-22-25(35(22,7)8)26(40)30(43)37-23(16-20-14-15-20)27(41)29(36)42/h9-13,20,22-26,28H,14-19H2,1-8H3,(H2,36,42)(H,37,43)(H2,38,39,45)/t22-,23?,24-,25?,26+,28-/m1/s1. The summed E-state index contributed by atoms with van der Waals surface area (Å²) >= 11 is 0. The molecule has 6 atom stereocenters. The van der Waals surface area contributed by atoms with E-state index in [0.29, 0.717) is 18.5 Å². The van der Waals surface area contributed by atoms with Crippen LogP contribution in [0.3, 0.4) is 0 Å². The van der Waals surface area contributed by atoms with Crippen molar-refractivity contribution in [2.75, 3.05) is 12.3 Å². The van der Waals surface area contributed by atoms with Crippen molar-refractivity contribution in [1.82, 2.24) is 20.9 Å². The maximum Gasteiger partial charge on any atom is 0.315 e. The van der Waals surface area contributed by atoms with E-state index >= 15 is 0 Å². The van der Waals surface area contributed by atoms with E-state index in [2.05, 4.69) is 16.0 Å². The summed E-state index contributed by atoms with van der Waals surface area (Å²) in [5.41, 5.74) is 4.31. The zero-order valence-corrected chi connectivity index (χ0v) is 30.3. The van der Waals surface area contributed by atoms with E-state index < -0.39 is 74.4 Å². The first kappa shape index (κ1) is 37.3. The topological polar surface area (TPSA) is 185 Å².